The van der Waals surface area contributed by atoms with E-state index in [1.54, 1.807) is 18.0 Å². The van der Waals surface area contributed by atoms with Crippen molar-refractivity contribution in [2.24, 2.45) is 5.73 Å². The Kier molecular flexibility index (Phi) is 5.24. The summed E-state index contributed by atoms with van der Waals surface area (Å²) in [4.78, 5) is 4.29. The molecule has 1 rings (SSSR count). The lowest BCUT2D eigenvalue weighted by molar-refractivity contribution is 0.201. The molecule has 0 aromatic carbocycles. The summed E-state index contributed by atoms with van der Waals surface area (Å²) in [5, 5.41) is 10.4. The van der Waals surface area contributed by atoms with Crippen LogP contribution in [0.15, 0.2) is 27.8 Å². The van der Waals surface area contributed by atoms with Gasteiger partial charge in [0.2, 0.25) is 0 Å². The predicted octanol–water partition coefficient (Wildman–Crippen LogP) is 2.42. The van der Waals surface area contributed by atoms with E-state index in [2.05, 4.69) is 27.8 Å². The summed E-state index contributed by atoms with van der Waals surface area (Å²) in [7, 11) is 0. The lowest BCUT2D eigenvalue weighted by Crippen LogP contribution is -2.42. The molecule has 0 spiro atoms. The van der Waals surface area contributed by atoms with Gasteiger partial charge in [-0.25, -0.2) is 4.98 Å². The number of aliphatic hydroxyl groups is 1. The number of nitrogens with zero attached hydrogens (tertiary/aromatic N) is 1. The molecule has 2 unspecified atom stereocenters. The van der Waals surface area contributed by atoms with E-state index >= 15 is 0 Å². The van der Waals surface area contributed by atoms with E-state index in [1.165, 1.54) is 0 Å². The van der Waals surface area contributed by atoms with Gasteiger partial charge < -0.3 is 10.8 Å². The summed E-state index contributed by atoms with van der Waals surface area (Å²) in [6, 6.07) is 3.94. The van der Waals surface area contributed by atoms with Crippen LogP contribution in [0.25, 0.3) is 0 Å². The van der Waals surface area contributed by atoms with E-state index in [0.29, 0.717) is 5.25 Å². The predicted molar refractivity (Wildman–Crippen MR) is 71.6 cm³/mol. The van der Waals surface area contributed by atoms with Crippen LogP contribution in [0.1, 0.15) is 20.3 Å². The zero-order valence-corrected chi connectivity index (χ0v) is 11.9. The first kappa shape index (κ1) is 14.0. The van der Waals surface area contributed by atoms with Crippen molar-refractivity contribution in [2.75, 3.05) is 6.61 Å². The highest BCUT2D eigenvalue weighted by molar-refractivity contribution is 9.10. The lowest BCUT2D eigenvalue weighted by Gasteiger charge is -2.25. The number of aliphatic hydroxyl groups excluding tert-OH is 1. The van der Waals surface area contributed by atoms with Crippen molar-refractivity contribution in [1.82, 2.24) is 4.98 Å². The molecule has 0 amide bonds. The molecule has 1 heterocycles. The summed E-state index contributed by atoms with van der Waals surface area (Å²) in [5.41, 5.74) is 5.39. The molecule has 0 aliphatic heterocycles. The first-order valence-corrected chi connectivity index (χ1v) is 6.78. The molecule has 3 N–H and O–H groups in total. The molecule has 1 aromatic rings. The lowest BCUT2D eigenvalue weighted by atomic mass is 9.99. The molecule has 16 heavy (non-hydrogen) atoms. The second-order valence-corrected chi connectivity index (χ2v) is 6.63. The van der Waals surface area contributed by atoms with Gasteiger partial charge in [-0.3, -0.25) is 0 Å². The minimum Gasteiger partial charge on any atom is -0.394 e. The number of hydrogen-bond acceptors (Lipinski definition) is 4. The minimum atomic E-state index is -0.512. The SMILES string of the molecule is CC(CC(C)(N)CO)Sc1ccc(Br)cn1. The van der Waals surface area contributed by atoms with Gasteiger partial charge in [0, 0.05) is 21.5 Å². The van der Waals surface area contributed by atoms with Crippen LogP contribution in [0.4, 0.5) is 0 Å². The van der Waals surface area contributed by atoms with Crippen LogP contribution < -0.4 is 5.73 Å². The second-order valence-electron chi connectivity index (χ2n) is 4.26. The minimum absolute atomic E-state index is 0.00562. The topological polar surface area (TPSA) is 59.1 Å². The van der Waals surface area contributed by atoms with Gasteiger partial charge in [0.1, 0.15) is 0 Å². The van der Waals surface area contributed by atoms with E-state index in [9.17, 15) is 0 Å². The van der Waals surface area contributed by atoms with Gasteiger partial charge in [-0.1, -0.05) is 6.92 Å². The van der Waals surface area contributed by atoms with Crippen LogP contribution in [-0.2, 0) is 0 Å². The third-order valence-electron chi connectivity index (χ3n) is 2.14. The zero-order chi connectivity index (χ0) is 12.2. The van der Waals surface area contributed by atoms with E-state index in [1.807, 2.05) is 19.1 Å². The number of thioether (sulfide) groups is 1. The molecule has 0 aliphatic rings. The number of halogens is 1. The fourth-order valence-electron chi connectivity index (χ4n) is 1.40. The fraction of sp³-hybridized carbons (Fsp3) is 0.545. The quantitative estimate of drug-likeness (QED) is 0.820. The Morgan fingerprint density at radius 3 is 2.81 bits per heavy atom. The van der Waals surface area contributed by atoms with Crippen molar-refractivity contribution < 1.29 is 5.11 Å². The van der Waals surface area contributed by atoms with Gasteiger partial charge in [-0.05, 0) is 41.4 Å². The number of pyridine rings is 1. The van der Waals surface area contributed by atoms with Crippen molar-refractivity contribution in [3.63, 3.8) is 0 Å². The van der Waals surface area contributed by atoms with Crippen molar-refractivity contribution in [3.8, 4) is 0 Å². The van der Waals surface area contributed by atoms with Crippen molar-refractivity contribution in [2.45, 2.75) is 36.1 Å². The van der Waals surface area contributed by atoms with Gasteiger partial charge in [0.05, 0.1) is 11.6 Å². The van der Waals surface area contributed by atoms with Gasteiger partial charge >= 0.3 is 0 Å². The Morgan fingerprint density at radius 2 is 2.31 bits per heavy atom. The van der Waals surface area contributed by atoms with Crippen molar-refractivity contribution in [3.05, 3.63) is 22.8 Å². The summed E-state index contributed by atoms with van der Waals surface area (Å²) in [6.45, 7) is 3.96. The molecule has 5 heteroatoms. The van der Waals surface area contributed by atoms with E-state index in [4.69, 9.17) is 10.8 Å². The summed E-state index contributed by atoms with van der Waals surface area (Å²) in [5.74, 6) is 0. The maximum atomic E-state index is 9.09. The van der Waals surface area contributed by atoms with Crippen LogP contribution in [0.5, 0.6) is 0 Å². The van der Waals surface area contributed by atoms with E-state index < -0.39 is 5.54 Å². The third kappa shape index (κ3) is 4.82. The molecule has 2 atom stereocenters. The average molecular weight is 305 g/mol. The Morgan fingerprint density at radius 1 is 1.62 bits per heavy atom. The number of rotatable bonds is 5. The highest BCUT2D eigenvalue weighted by Gasteiger charge is 2.21. The molecule has 3 nitrogen and oxygen atoms in total. The Labute approximate surface area is 109 Å². The Balaban J connectivity index is 2.51. The average Bonchev–Trinajstić information content (AvgIpc) is 2.21. The van der Waals surface area contributed by atoms with E-state index in [0.717, 1.165) is 15.9 Å². The molecule has 0 saturated carbocycles. The van der Waals surface area contributed by atoms with Gasteiger partial charge in [-0.15, -0.1) is 11.8 Å². The number of hydrogen-bond donors (Lipinski definition) is 2. The van der Waals surface area contributed by atoms with Gasteiger partial charge in [0.15, 0.2) is 0 Å². The maximum absolute atomic E-state index is 9.09. The van der Waals surface area contributed by atoms with Crippen LogP contribution in [-0.4, -0.2) is 27.5 Å². The monoisotopic (exact) mass is 304 g/mol. The smallest absolute Gasteiger partial charge is 0.0963 e. The first-order chi connectivity index (χ1) is 7.43. The molecule has 1 aromatic heterocycles. The van der Waals surface area contributed by atoms with Crippen LogP contribution in [0.2, 0.25) is 0 Å². The second kappa shape index (κ2) is 6.00. The standard InChI is InChI=1S/C11H17BrN2OS/c1-8(5-11(2,13)7-15)16-10-4-3-9(12)6-14-10/h3-4,6,8,15H,5,7,13H2,1-2H3. The molecule has 0 fully saturated rings. The molecule has 0 bridgehead atoms. The van der Waals surface area contributed by atoms with Crippen LogP contribution in [0, 0.1) is 0 Å². The molecule has 0 saturated heterocycles. The summed E-state index contributed by atoms with van der Waals surface area (Å²) >= 11 is 5.02. The normalized spacial score (nSPS) is 16.8. The zero-order valence-electron chi connectivity index (χ0n) is 9.48. The maximum Gasteiger partial charge on any atom is 0.0963 e. The highest BCUT2D eigenvalue weighted by Crippen LogP contribution is 2.26. The van der Waals surface area contributed by atoms with E-state index in [-0.39, 0.29) is 6.61 Å². The summed E-state index contributed by atoms with van der Waals surface area (Å²) < 4.78 is 0.975. The Bertz CT molecular complexity index is 329. The summed E-state index contributed by atoms with van der Waals surface area (Å²) in [6.07, 6.45) is 2.54. The number of aromatic nitrogens is 1. The first-order valence-electron chi connectivity index (χ1n) is 5.11. The van der Waals surface area contributed by atoms with Crippen LogP contribution >= 0.6 is 27.7 Å². The molecule has 0 radical (unpaired) electrons. The number of nitrogens with two attached hydrogens (primary N) is 1. The van der Waals surface area contributed by atoms with Crippen LogP contribution in [0.3, 0.4) is 0 Å². The molecular weight excluding hydrogens is 288 g/mol. The Hall–Kier alpha value is -0.100. The van der Waals surface area contributed by atoms with Gasteiger partial charge in [-0.2, -0.15) is 0 Å². The fourth-order valence-corrected chi connectivity index (χ4v) is 2.77. The molecular formula is C11H17BrN2OS. The van der Waals surface area contributed by atoms with Crippen molar-refractivity contribution >= 4 is 27.7 Å². The van der Waals surface area contributed by atoms with Gasteiger partial charge in [0.25, 0.3) is 0 Å². The van der Waals surface area contributed by atoms with Crippen molar-refractivity contribution in [1.29, 1.82) is 0 Å². The highest BCUT2D eigenvalue weighted by atomic mass is 79.9. The molecule has 90 valence electrons. The largest absolute Gasteiger partial charge is 0.394 e. The molecule has 0 aliphatic carbocycles. The third-order valence-corrected chi connectivity index (χ3v) is 3.66.